The van der Waals surface area contributed by atoms with Crippen molar-refractivity contribution in [1.82, 2.24) is 0 Å². The lowest BCUT2D eigenvalue weighted by atomic mass is 9.81. The number of allylic oxidation sites excluding steroid dienone is 1. The summed E-state index contributed by atoms with van der Waals surface area (Å²) in [4.78, 5) is 4.90. The fourth-order valence-electron chi connectivity index (χ4n) is 5.69. The van der Waals surface area contributed by atoms with Gasteiger partial charge in [-0.25, -0.2) is 0 Å². The molecule has 0 bridgehead atoms. The molecular formula is C36H47N2O3S2+. The molecule has 4 rings (SSSR count). The first kappa shape index (κ1) is 32.9. The quantitative estimate of drug-likeness (QED) is 0.0987. The van der Waals surface area contributed by atoms with Crippen molar-refractivity contribution in [1.29, 1.82) is 0 Å². The average Bonchev–Trinajstić information content (AvgIpc) is 3.52. The summed E-state index contributed by atoms with van der Waals surface area (Å²) in [6.45, 7) is 11.9. The Morgan fingerprint density at radius 2 is 1.44 bits per heavy atom. The zero-order valence-corrected chi connectivity index (χ0v) is 27.8. The van der Waals surface area contributed by atoms with E-state index in [0.717, 1.165) is 13.1 Å². The fraction of sp³-hybridized carbons (Fsp3) is 0.417. The third kappa shape index (κ3) is 9.01. The molecule has 0 spiro atoms. The maximum Gasteiger partial charge on any atom is 0.264 e. The van der Waals surface area contributed by atoms with Crippen LogP contribution in [0.15, 0.2) is 66.7 Å². The molecule has 7 heteroatoms. The lowest BCUT2D eigenvalue weighted by molar-refractivity contribution is -0.438. The Hall–Kier alpha value is -3.00. The monoisotopic (exact) mass is 619 g/mol. The molecule has 0 aliphatic carbocycles. The van der Waals surface area contributed by atoms with Crippen LogP contribution in [0.3, 0.4) is 0 Å². The fourth-order valence-corrected chi connectivity index (χ4v) is 7.07. The molecule has 3 aromatic rings. The van der Waals surface area contributed by atoms with E-state index in [1.807, 2.05) is 6.07 Å². The SMILES string of the molecule is CCCCN(CCCC)c1ccc(/C=C/c2ccc(/C=C/C3=[N+](CCCCS(=O)(=O)O)c4ccccc4C3(C)C)s2)cc1. The molecule has 0 radical (unpaired) electrons. The molecule has 43 heavy (non-hydrogen) atoms. The van der Waals surface area contributed by atoms with Gasteiger partial charge in [-0.2, -0.15) is 13.0 Å². The molecule has 1 N–H and O–H groups in total. The summed E-state index contributed by atoms with van der Waals surface area (Å²) in [5.41, 5.74) is 5.96. The Labute approximate surface area is 263 Å². The van der Waals surface area contributed by atoms with Gasteiger partial charge in [0.1, 0.15) is 6.54 Å². The Morgan fingerprint density at radius 1 is 0.814 bits per heavy atom. The first-order chi connectivity index (χ1) is 20.6. The second-order valence-corrected chi connectivity index (χ2v) is 14.6. The molecule has 0 amide bonds. The summed E-state index contributed by atoms with van der Waals surface area (Å²) in [5, 5.41) is 0. The molecule has 1 aliphatic heterocycles. The van der Waals surface area contributed by atoms with E-state index in [1.54, 1.807) is 11.3 Å². The van der Waals surface area contributed by atoms with Crippen molar-refractivity contribution in [3.8, 4) is 0 Å². The van der Waals surface area contributed by atoms with Gasteiger partial charge in [0.15, 0.2) is 5.71 Å². The summed E-state index contributed by atoms with van der Waals surface area (Å²) >= 11 is 1.76. The Morgan fingerprint density at radius 3 is 2.07 bits per heavy atom. The van der Waals surface area contributed by atoms with E-state index in [4.69, 9.17) is 4.55 Å². The molecule has 5 nitrogen and oxygen atoms in total. The highest BCUT2D eigenvalue weighted by Crippen LogP contribution is 2.40. The Bertz CT molecular complexity index is 1540. The van der Waals surface area contributed by atoms with Crippen LogP contribution in [-0.4, -0.2) is 48.6 Å². The van der Waals surface area contributed by atoms with Crippen molar-refractivity contribution in [2.24, 2.45) is 0 Å². The van der Waals surface area contributed by atoms with Gasteiger partial charge in [0.05, 0.1) is 11.2 Å². The van der Waals surface area contributed by atoms with Crippen LogP contribution < -0.4 is 4.90 Å². The van der Waals surface area contributed by atoms with E-state index in [0.29, 0.717) is 19.4 Å². The zero-order chi connectivity index (χ0) is 30.9. The van der Waals surface area contributed by atoms with E-state index in [1.165, 1.54) is 63.7 Å². The van der Waals surface area contributed by atoms with Gasteiger partial charge in [0, 0.05) is 52.7 Å². The molecule has 0 saturated carbocycles. The standard InChI is InChI=1S/C36H46N2O3S2/c1-5-7-25-37(26-8-6-2)30-18-15-29(16-19-30)17-20-31-21-22-32(42-31)23-24-35-36(3,4)33-13-9-10-14-34(33)38(35)27-11-12-28-43(39,40)41/h9-10,13-24H,5-8,11-12,25-28H2,1-4H3/p+1. The van der Waals surface area contributed by atoms with Gasteiger partial charge in [-0.05, 0) is 75.1 Å². The first-order valence-electron chi connectivity index (χ1n) is 15.6. The van der Waals surface area contributed by atoms with E-state index in [-0.39, 0.29) is 11.2 Å². The number of thiophene rings is 1. The molecule has 0 atom stereocenters. The normalized spacial score (nSPS) is 14.7. The van der Waals surface area contributed by atoms with Crippen LogP contribution in [0.2, 0.25) is 0 Å². The van der Waals surface area contributed by atoms with Crippen LogP contribution in [0.25, 0.3) is 18.2 Å². The minimum Gasteiger partial charge on any atom is -0.372 e. The second-order valence-electron chi connectivity index (χ2n) is 11.9. The van der Waals surface area contributed by atoms with Crippen molar-refractivity contribution in [3.63, 3.8) is 0 Å². The van der Waals surface area contributed by atoms with Crippen LogP contribution in [0, 0.1) is 0 Å². The lowest BCUT2D eigenvalue weighted by Gasteiger charge is -2.24. The zero-order valence-electron chi connectivity index (χ0n) is 26.1. The van der Waals surface area contributed by atoms with Crippen molar-refractivity contribution >= 4 is 56.8 Å². The van der Waals surface area contributed by atoms with Crippen molar-refractivity contribution in [2.75, 3.05) is 30.3 Å². The number of nitrogens with zero attached hydrogens (tertiary/aromatic N) is 2. The number of hydrogen-bond donors (Lipinski definition) is 1. The number of para-hydroxylation sites is 1. The second kappa shape index (κ2) is 15.1. The van der Waals surface area contributed by atoms with Crippen LogP contribution in [0.1, 0.15) is 87.1 Å². The van der Waals surface area contributed by atoms with Gasteiger partial charge < -0.3 is 4.90 Å². The highest BCUT2D eigenvalue weighted by Gasteiger charge is 2.43. The predicted octanol–water partition coefficient (Wildman–Crippen LogP) is 9.08. The summed E-state index contributed by atoms with van der Waals surface area (Å²) < 4.78 is 33.8. The number of hydrogen-bond acceptors (Lipinski definition) is 4. The summed E-state index contributed by atoms with van der Waals surface area (Å²) in [6.07, 6.45) is 14.7. The van der Waals surface area contributed by atoms with Gasteiger partial charge in [-0.1, -0.05) is 63.1 Å². The van der Waals surface area contributed by atoms with Crippen LogP contribution in [0.5, 0.6) is 0 Å². The number of unbranched alkanes of at least 4 members (excludes halogenated alkanes) is 3. The Kier molecular flexibility index (Phi) is 11.6. The molecule has 2 aromatic carbocycles. The van der Waals surface area contributed by atoms with Gasteiger partial charge in [0.2, 0.25) is 5.69 Å². The lowest BCUT2D eigenvalue weighted by Crippen LogP contribution is -2.28. The molecule has 1 aliphatic rings. The number of rotatable bonds is 16. The van der Waals surface area contributed by atoms with E-state index >= 15 is 0 Å². The molecule has 230 valence electrons. The van der Waals surface area contributed by atoms with E-state index < -0.39 is 10.1 Å². The van der Waals surface area contributed by atoms with Crippen molar-refractivity contribution < 1.29 is 17.5 Å². The van der Waals surface area contributed by atoms with Gasteiger partial charge in [0.25, 0.3) is 10.1 Å². The van der Waals surface area contributed by atoms with Gasteiger partial charge in [-0.3, -0.25) is 4.55 Å². The van der Waals surface area contributed by atoms with Crippen LogP contribution >= 0.6 is 11.3 Å². The predicted molar refractivity (Wildman–Crippen MR) is 186 cm³/mol. The maximum absolute atomic E-state index is 11.2. The summed E-state index contributed by atoms with van der Waals surface area (Å²) in [5.74, 6) is -0.205. The topological polar surface area (TPSA) is 60.6 Å². The summed E-state index contributed by atoms with van der Waals surface area (Å²) in [6, 6.07) is 21.7. The summed E-state index contributed by atoms with van der Waals surface area (Å²) in [7, 11) is -3.94. The first-order valence-corrected chi connectivity index (χ1v) is 18.1. The van der Waals surface area contributed by atoms with Gasteiger partial charge in [-0.15, -0.1) is 11.3 Å². The minimum atomic E-state index is -3.94. The highest BCUT2D eigenvalue weighted by molar-refractivity contribution is 7.85. The van der Waals surface area contributed by atoms with E-state index in [9.17, 15) is 8.42 Å². The largest absolute Gasteiger partial charge is 0.372 e. The van der Waals surface area contributed by atoms with Crippen LogP contribution in [-0.2, 0) is 15.5 Å². The van der Waals surface area contributed by atoms with Gasteiger partial charge >= 0.3 is 0 Å². The van der Waals surface area contributed by atoms with Crippen molar-refractivity contribution in [3.05, 3.63) is 87.6 Å². The number of benzene rings is 2. The molecule has 2 heterocycles. The smallest absolute Gasteiger partial charge is 0.264 e. The molecule has 0 unspecified atom stereocenters. The number of fused-ring (bicyclic) bond motifs is 1. The maximum atomic E-state index is 11.2. The molecular weight excluding hydrogens is 573 g/mol. The molecule has 0 saturated heterocycles. The molecule has 0 fully saturated rings. The Balaban J connectivity index is 1.46. The van der Waals surface area contributed by atoms with Crippen molar-refractivity contribution in [2.45, 2.75) is 71.6 Å². The third-order valence-corrected chi connectivity index (χ3v) is 9.97. The van der Waals surface area contributed by atoms with E-state index in [2.05, 4.69) is 116 Å². The highest BCUT2D eigenvalue weighted by atomic mass is 32.2. The third-order valence-electron chi connectivity index (χ3n) is 8.15. The number of anilines is 1. The average molecular weight is 620 g/mol. The molecule has 1 aromatic heterocycles. The van der Waals surface area contributed by atoms with Crippen LogP contribution in [0.4, 0.5) is 11.4 Å². The minimum absolute atomic E-state index is 0.176.